The first-order valence-electron chi connectivity index (χ1n) is 9.20. The monoisotopic (exact) mass is 394 g/mol. The Morgan fingerprint density at radius 3 is 2.26 bits per heavy atom. The molecule has 9 heteroatoms. The van der Waals surface area contributed by atoms with Crippen molar-refractivity contribution in [2.75, 3.05) is 65.6 Å². The van der Waals surface area contributed by atoms with Crippen LogP contribution in [-0.4, -0.2) is 99.3 Å². The van der Waals surface area contributed by atoms with Crippen LogP contribution in [0.25, 0.3) is 0 Å². The highest BCUT2D eigenvalue weighted by Crippen LogP contribution is 2.21. The molecule has 0 spiro atoms. The Balaban J connectivity index is 1.53. The summed E-state index contributed by atoms with van der Waals surface area (Å²) < 4.78 is 32.4. The number of aliphatic hydroxyl groups is 1. The molecule has 1 N–H and O–H groups in total. The van der Waals surface area contributed by atoms with Crippen molar-refractivity contribution in [2.24, 2.45) is 0 Å². The lowest BCUT2D eigenvalue weighted by atomic mass is 10.2. The van der Waals surface area contributed by atoms with Crippen LogP contribution in [0, 0.1) is 11.3 Å². The van der Waals surface area contributed by atoms with Crippen LogP contribution in [0.15, 0.2) is 29.2 Å². The predicted octanol–water partition coefficient (Wildman–Crippen LogP) is -0.442. The molecule has 0 saturated carbocycles. The molecule has 1 atom stereocenters. The predicted molar refractivity (Wildman–Crippen MR) is 99.6 cm³/mol. The standard InChI is InChI=1S/C18H26N4O4S/c19-13-16-3-1-2-4-18(16)27(24,25)22-7-5-20(6-8-22)14-17(23)15-21-9-11-26-12-10-21/h1-4,17,23H,5-12,14-15H2/t17-/m0/s1. The van der Waals surface area contributed by atoms with Gasteiger partial charge < -0.3 is 9.84 Å². The number of sulfonamides is 1. The molecule has 2 fully saturated rings. The molecule has 0 unspecified atom stereocenters. The van der Waals surface area contributed by atoms with Crippen LogP contribution in [0.1, 0.15) is 5.56 Å². The van der Waals surface area contributed by atoms with Gasteiger partial charge in [0.15, 0.2) is 0 Å². The maximum atomic E-state index is 12.8. The average Bonchev–Trinajstić information content (AvgIpc) is 2.69. The molecule has 2 aliphatic rings. The molecule has 0 bridgehead atoms. The van der Waals surface area contributed by atoms with Gasteiger partial charge in [-0.3, -0.25) is 9.80 Å². The minimum Gasteiger partial charge on any atom is -0.390 e. The van der Waals surface area contributed by atoms with Crippen LogP contribution >= 0.6 is 0 Å². The highest BCUT2D eigenvalue weighted by molar-refractivity contribution is 7.89. The van der Waals surface area contributed by atoms with Crippen molar-refractivity contribution in [2.45, 2.75) is 11.0 Å². The third-order valence-corrected chi connectivity index (χ3v) is 6.95. The SMILES string of the molecule is N#Cc1ccccc1S(=O)(=O)N1CCN(C[C@H](O)CN2CCOCC2)CC1. The quantitative estimate of drug-likeness (QED) is 0.698. The van der Waals surface area contributed by atoms with E-state index in [0.717, 1.165) is 13.1 Å². The summed E-state index contributed by atoms with van der Waals surface area (Å²) >= 11 is 0. The van der Waals surface area contributed by atoms with Gasteiger partial charge in [0.2, 0.25) is 10.0 Å². The molecule has 0 aromatic heterocycles. The van der Waals surface area contributed by atoms with Crippen molar-refractivity contribution in [1.29, 1.82) is 5.26 Å². The molecule has 0 aliphatic carbocycles. The van der Waals surface area contributed by atoms with Gasteiger partial charge >= 0.3 is 0 Å². The fraction of sp³-hybridized carbons (Fsp3) is 0.611. The summed E-state index contributed by atoms with van der Waals surface area (Å²) in [5.74, 6) is 0. The van der Waals surface area contributed by atoms with Crippen molar-refractivity contribution in [3.63, 3.8) is 0 Å². The number of aliphatic hydroxyl groups excluding tert-OH is 1. The first-order chi connectivity index (χ1) is 13.0. The molecule has 0 amide bonds. The maximum Gasteiger partial charge on any atom is 0.244 e. The smallest absolute Gasteiger partial charge is 0.244 e. The Morgan fingerprint density at radius 2 is 1.63 bits per heavy atom. The molecule has 27 heavy (non-hydrogen) atoms. The maximum absolute atomic E-state index is 12.8. The summed E-state index contributed by atoms with van der Waals surface area (Å²) in [6.07, 6.45) is -0.467. The molecule has 1 aromatic carbocycles. The summed E-state index contributed by atoms with van der Waals surface area (Å²) in [5.41, 5.74) is 0.167. The van der Waals surface area contributed by atoms with Gasteiger partial charge in [-0.15, -0.1) is 0 Å². The Kier molecular flexibility index (Phi) is 6.81. The van der Waals surface area contributed by atoms with Crippen LogP contribution in [0.5, 0.6) is 0 Å². The van der Waals surface area contributed by atoms with Crippen LogP contribution in [-0.2, 0) is 14.8 Å². The zero-order valence-corrected chi connectivity index (χ0v) is 16.1. The van der Waals surface area contributed by atoms with E-state index < -0.39 is 16.1 Å². The minimum absolute atomic E-state index is 0.0632. The van der Waals surface area contributed by atoms with Gasteiger partial charge in [-0.1, -0.05) is 12.1 Å². The van der Waals surface area contributed by atoms with E-state index in [0.29, 0.717) is 52.5 Å². The second kappa shape index (κ2) is 9.10. The lowest BCUT2D eigenvalue weighted by molar-refractivity contribution is 0.00469. The number of benzene rings is 1. The molecule has 148 valence electrons. The fourth-order valence-electron chi connectivity index (χ4n) is 3.51. The second-order valence-electron chi connectivity index (χ2n) is 6.88. The molecule has 2 heterocycles. The van der Waals surface area contributed by atoms with Crippen molar-refractivity contribution in [1.82, 2.24) is 14.1 Å². The summed E-state index contributed by atoms with van der Waals surface area (Å²) in [5, 5.41) is 19.5. The fourth-order valence-corrected chi connectivity index (χ4v) is 5.08. The number of piperazine rings is 1. The Labute approximate surface area is 160 Å². The zero-order valence-electron chi connectivity index (χ0n) is 15.3. The van der Waals surface area contributed by atoms with E-state index >= 15 is 0 Å². The highest BCUT2D eigenvalue weighted by Gasteiger charge is 2.30. The molecule has 1 aromatic rings. The van der Waals surface area contributed by atoms with Gasteiger partial charge in [0.25, 0.3) is 0 Å². The van der Waals surface area contributed by atoms with Crippen LogP contribution in [0.3, 0.4) is 0 Å². The van der Waals surface area contributed by atoms with Crippen LogP contribution in [0.2, 0.25) is 0 Å². The normalized spacial score (nSPS) is 21.6. The minimum atomic E-state index is -3.68. The summed E-state index contributed by atoms with van der Waals surface area (Å²) in [6, 6.07) is 8.24. The number of hydrogen-bond donors (Lipinski definition) is 1. The first kappa shape index (κ1) is 20.2. The van der Waals surface area contributed by atoms with E-state index in [1.807, 2.05) is 6.07 Å². The van der Waals surface area contributed by atoms with Gasteiger partial charge in [0.1, 0.15) is 6.07 Å². The Morgan fingerprint density at radius 1 is 1.04 bits per heavy atom. The Bertz CT molecular complexity index is 766. The summed E-state index contributed by atoms with van der Waals surface area (Å²) in [4.78, 5) is 4.34. The van der Waals surface area contributed by atoms with Crippen molar-refractivity contribution < 1.29 is 18.3 Å². The number of β-amino-alcohol motifs (C(OH)–C–C–N with tert-alkyl or cyclic N) is 1. The van der Waals surface area contributed by atoms with Gasteiger partial charge in [-0.25, -0.2) is 8.42 Å². The van der Waals surface area contributed by atoms with E-state index in [-0.39, 0.29) is 10.5 Å². The number of nitrogens with zero attached hydrogens (tertiary/aromatic N) is 4. The Hall–Kier alpha value is -1.54. The number of ether oxygens (including phenoxy) is 1. The largest absolute Gasteiger partial charge is 0.390 e. The van der Waals surface area contributed by atoms with E-state index in [9.17, 15) is 18.8 Å². The van der Waals surface area contributed by atoms with Gasteiger partial charge in [0.05, 0.1) is 29.8 Å². The van der Waals surface area contributed by atoms with E-state index in [2.05, 4.69) is 9.80 Å². The average molecular weight is 394 g/mol. The molecule has 2 saturated heterocycles. The molecule has 8 nitrogen and oxygen atoms in total. The lowest BCUT2D eigenvalue weighted by Gasteiger charge is -2.36. The first-order valence-corrected chi connectivity index (χ1v) is 10.6. The number of nitriles is 1. The summed E-state index contributed by atoms with van der Waals surface area (Å²) in [7, 11) is -3.68. The molecular weight excluding hydrogens is 368 g/mol. The van der Waals surface area contributed by atoms with Gasteiger partial charge in [-0.2, -0.15) is 9.57 Å². The second-order valence-corrected chi connectivity index (χ2v) is 8.79. The van der Waals surface area contributed by atoms with E-state index in [1.54, 1.807) is 12.1 Å². The van der Waals surface area contributed by atoms with E-state index in [4.69, 9.17) is 4.74 Å². The van der Waals surface area contributed by atoms with Crippen molar-refractivity contribution in [3.8, 4) is 6.07 Å². The lowest BCUT2D eigenvalue weighted by Crippen LogP contribution is -2.52. The molecular formula is C18H26N4O4S. The third kappa shape index (κ3) is 5.04. The zero-order chi connectivity index (χ0) is 19.3. The topological polar surface area (TPSA) is 97.1 Å². The number of rotatable bonds is 6. The molecule has 2 aliphatic heterocycles. The molecule has 3 rings (SSSR count). The summed E-state index contributed by atoms with van der Waals surface area (Å²) in [6.45, 7) is 6.04. The van der Waals surface area contributed by atoms with Crippen molar-refractivity contribution in [3.05, 3.63) is 29.8 Å². The van der Waals surface area contributed by atoms with Crippen LogP contribution in [0.4, 0.5) is 0 Å². The van der Waals surface area contributed by atoms with Gasteiger partial charge in [-0.05, 0) is 12.1 Å². The highest BCUT2D eigenvalue weighted by atomic mass is 32.2. The number of hydrogen-bond acceptors (Lipinski definition) is 7. The third-order valence-electron chi connectivity index (χ3n) is 5.00. The van der Waals surface area contributed by atoms with Crippen molar-refractivity contribution >= 4 is 10.0 Å². The van der Waals surface area contributed by atoms with Gasteiger partial charge in [0, 0.05) is 52.4 Å². The molecule has 0 radical (unpaired) electrons. The van der Waals surface area contributed by atoms with E-state index in [1.165, 1.54) is 16.4 Å². The van der Waals surface area contributed by atoms with Crippen LogP contribution < -0.4 is 0 Å². The number of morpholine rings is 1.